The second-order valence-electron chi connectivity index (χ2n) is 3.06. The van der Waals surface area contributed by atoms with Crippen molar-refractivity contribution in [3.63, 3.8) is 0 Å². The molecule has 1 aliphatic rings. The van der Waals surface area contributed by atoms with Gasteiger partial charge in [-0.05, 0) is 23.7 Å². The Hall–Kier alpha value is -2.15. The molecule has 0 radical (unpaired) electrons. The van der Waals surface area contributed by atoms with E-state index >= 15 is 0 Å². The molecule has 17 heavy (non-hydrogen) atoms. The highest BCUT2D eigenvalue weighted by Crippen LogP contribution is 2.47. The van der Waals surface area contributed by atoms with Crippen molar-refractivity contribution in [1.82, 2.24) is 0 Å². The number of fused-ring (bicyclic) bond motifs is 1. The first kappa shape index (κ1) is 11.3. The van der Waals surface area contributed by atoms with Gasteiger partial charge in [-0.25, -0.2) is 0 Å². The van der Waals surface area contributed by atoms with E-state index in [-0.39, 0.29) is 5.69 Å². The molecule has 5 nitrogen and oxygen atoms in total. The maximum absolute atomic E-state index is 12.8. The second-order valence-corrected chi connectivity index (χ2v) is 3.06. The molecule has 1 aromatic rings. The fourth-order valence-electron chi connectivity index (χ4n) is 1.17. The van der Waals surface area contributed by atoms with E-state index in [9.17, 15) is 17.6 Å². The fraction of sp³-hybridized carbons (Fsp3) is 0.250. The van der Waals surface area contributed by atoms with Gasteiger partial charge in [0.1, 0.15) is 0 Å². The van der Waals surface area contributed by atoms with Gasteiger partial charge in [-0.15, -0.1) is 0 Å². The molecule has 0 spiro atoms. The van der Waals surface area contributed by atoms with Crippen LogP contribution in [0.1, 0.15) is 0 Å². The lowest BCUT2D eigenvalue weighted by atomic mass is 10.2. The lowest BCUT2D eigenvalue weighted by Crippen LogP contribution is -2.52. The molecule has 0 aliphatic carbocycles. The van der Waals surface area contributed by atoms with Crippen molar-refractivity contribution >= 4 is 5.69 Å². The van der Waals surface area contributed by atoms with Gasteiger partial charge >= 0.3 is 12.2 Å². The van der Waals surface area contributed by atoms with Crippen molar-refractivity contribution in [2.24, 2.45) is 5.11 Å². The highest BCUT2D eigenvalue weighted by atomic mass is 19.3. The Morgan fingerprint density at radius 3 is 2.24 bits per heavy atom. The minimum absolute atomic E-state index is 0.0594. The summed E-state index contributed by atoms with van der Waals surface area (Å²) in [6.07, 6.45) is -9.53. The van der Waals surface area contributed by atoms with E-state index in [4.69, 9.17) is 5.53 Å². The van der Waals surface area contributed by atoms with Crippen LogP contribution in [0.15, 0.2) is 23.3 Å². The second kappa shape index (κ2) is 3.42. The molecule has 0 saturated heterocycles. The third kappa shape index (κ3) is 1.80. The van der Waals surface area contributed by atoms with Crippen molar-refractivity contribution in [2.45, 2.75) is 12.2 Å². The molecule has 9 heteroatoms. The van der Waals surface area contributed by atoms with E-state index in [0.717, 1.165) is 18.2 Å². The normalized spacial score (nSPS) is 19.3. The van der Waals surface area contributed by atoms with Crippen molar-refractivity contribution in [1.29, 1.82) is 0 Å². The van der Waals surface area contributed by atoms with Crippen molar-refractivity contribution < 1.29 is 27.0 Å². The van der Waals surface area contributed by atoms with Crippen LogP contribution >= 0.6 is 0 Å². The zero-order valence-corrected chi connectivity index (χ0v) is 7.90. The molecule has 0 atom stereocenters. The minimum Gasteiger partial charge on any atom is -0.421 e. The van der Waals surface area contributed by atoms with Gasteiger partial charge in [0.25, 0.3) is 0 Å². The molecule has 1 aliphatic heterocycles. The monoisotopic (exact) mass is 249 g/mol. The van der Waals surface area contributed by atoms with Gasteiger partial charge in [0, 0.05) is 10.6 Å². The Bertz CT molecular complexity index is 513. The van der Waals surface area contributed by atoms with Gasteiger partial charge < -0.3 is 9.47 Å². The summed E-state index contributed by atoms with van der Waals surface area (Å²) in [5, 5.41) is 3.11. The Kier molecular flexibility index (Phi) is 2.28. The molecule has 0 amide bonds. The van der Waals surface area contributed by atoms with Gasteiger partial charge in [0.2, 0.25) is 0 Å². The topological polar surface area (TPSA) is 67.2 Å². The van der Waals surface area contributed by atoms with E-state index in [1.54, 1.807) is 0 Å². The molecule has 90 valence electrons. The minimum atomic E-state index is -4.78. The highest BCUT2D eigenvalue weighted by molar-refractivity contribution is 5.52. The number of hydrogen-bond acceptors (Lipinski definition) is 3. The standard InChI is InChI=1S/C8H3F4N3O2/c9-7(10)8(11,12)17-6-3-4(14-15-13)1-2-5(6)16-7/h1-3H. The number of nitrogens with zero attached hydrogens (tertiary/aromatic N) is 3. The fourth-order valence-corrected chi connectivity index (χ4v) is 1.17. The van der Waals surface area contributed by atoms with Crippen molar-refractivity contribution in [2.75, 3.05) is 0 Å². The first-order valence-corrected chi connectivity index (χ1v) is 4.18. The van der Waals surface area contributed by atoms with Gasteiger partial charge in [-0.2, -0.15) is 17.6 Å². The maximum atomic E-state index is 12.8. The number of hydrogen-bond donors (Lipinski definition) is 0. The molecular weight excluding hydrogens is 246 g/mol. The van der Waals surface area contributed by atoms with Gasteiger partial charge in [0.15, 0.2) is 11.5 Å². The average Bonchev–Trinajstić information content (AvgIpc) is 2.20. The average molecular weight is 249 g/mol. The van der Waals surface area contributed by atoms with Crippen LogP contribution in [0, 0.1) is 0 Å². The summed E-state index contributed by atoms with van der Waals surface area (Å²) < 4.78 is 58.7. The van der Waals surface area contributed by atoms with E-state index in [1.165, 1.54) is 0 Å². The summed E-state index contributed by atoms with van der Waals surface area (Å²) in [6, 6.07) is 2.95. The van der Waals surface area contributed by atoms with Crippen LogP contribution in [0.3, 0.4) is 0 Å². The third-order valence-corrected chi connectivity index (χ3v) is 1.90. The molecule has 0 saturated carbocycles. The molecule has 0 fully saturated rings. The van der Waals surface area contributed by atoms with Crippen molar-refractivity contribution in [3.8, 4) is 11.5 Å². The van der Waals surface area contributed by atoms with Gasteiger partial charge in [-0.3, -0.25) is 0 Å². The molecule has 1 aromatic carbocycles. The zero-order valence-electron chi connectivity index (χ0n) is 7.90. The predicted octanol–water partition coefficient (Wildman–Crippen LogP) is 3.59. The number of benzene rings is 1. The van der Waals surface area contributed by atoms with Crippen molar-refractivity contribution in [3.05, 3.63) is 28.6 Å². The summed E-state index contributed by atoms with van der Waals surface area (Å²) in [4.78, 5) is 2.41. The van der Waals surface area contributed by atoms with Crippen LogP contribution in [0.2, 0.25) is 0 Å². The van der Waals surface area contributed by atoms with E-state index in [0.29, 0.717) is 0 Å². The molecule has 0 bridgehead atoms. The smallest absolute Gasteiger partial charge is 0.421 e. The zero-order chi connectivity index (χ0) is 12.7. The Balaban J connectivity index is 2.46. The van der Waals surface area contributed by atoms with E-state index in [2.05, 4.69) is 19.5 Å². The molecule has 0 aromatic heterocycles. The predicted molar refractivity (Wildman–Crippen MR) is 46.4 cm³/mol. The summed E-state index contributed by atoms with van der Waals surface area (Å²) in [5.74, 6) is -1.18. The lowest BCUT2D eigenvalue weighted by molar-refractivity contribution is -0.391. The number of halogens is 4. The van der Waals surface area contributed by atoms with Crippen LogP contribution in [-0.4, -0.2) is 12.2 Å². The van der Waals surface area contributed by atoms with Crippen LogP contribution in [-0.2, 0) is 0 Å². The summed E-state index contributed by atoms with van der Waals surface area (Å²) in [5.41, 5.74) is 8.07. The Labute approximate surface area is 91.2 Å². The quantitative estimate of drug-likeness (QED) is 0.330. The van der Waals surface area contributed by atoms with Crippen LogP contribution in [0.25, 0.3) is 10.4 Å². The Morgan fingerprint density at radius 1 is 1.06 bits per heavy atom. The molecule has 2 rings (SSSR count). The van der Waals surface area contributed by atoms with Crippen LogP contribution in [0.4, 0.5) is 23.2 Å². The SMILES string of the molecule is [N-]=[N+]=Nc1ccc2c(c1)OC(F)(F)C(F)(F)O2. The number of rotatable bonds is 1. The number of alkyl halides is 4. The summed E-state index contributed by atoms with van der Waals surface area (Å²) >= 11 is 0. The lowest BCUT2D eigenvalue weighted by Gasteiger charge is -2.31. The molecule has 1 heterocycles. The number of azide groups is 1. The van der Waals surface area contributed by atoms with E-state index in [1.807, 2.05) is 0 Å². The van der Waals surface area contributed by atoms with Crippen LogP contribution < -0.4 is 9.47 Å². The maximum Gasteiger partial charge on any atom is 0.507 e. The number of ether oxygens (including phenoxy) is 2. The molecular formula is C8H3F4N3O2. The Morgan fingerprint density at radius 2 is 1.65 bits per heavy atom. The first-order chi connectivity index (χ1) is 7.86. The summed E-state index contributed by atoms with van der Waals surface area (Å²) in [7, 11) is 0. The molecule has 0 N–H and O–H groups in total. The van der Waals surface area contributed by atoms with E-state index < -0.39 is 23.7 Å². The summed E-state index contributed by atoms with van der Waals surface area (Å²) in [6.45, 7) is 0. The van der Waals surface area contributed by atoms with Gasteiger partial charge in [0.05, 0.1) is 0 Å². The highest BCUT2D eigenvalue weighted by Gasteiger charge is 2.65. The first-order valence-electron chi connectivity index (χ1n) is 4.18. The third-order valence-electron chi connectivity index (χ3n) is 1.90. The largest absolute Gasteiger partial charge is 0.507 e. The van der Waals surface area contributed by atoms with Gasteiger partial charge in [-0.1, -0.05) is 5.11 Å². The van der Waals surface area contributed by atoms with Crippen LogP contribution in [0.5, 0.6) is 11.5 Å². The molecule has 0 unspecified atom stereocenters.